The van der Waals surface area contributed by atoms with E-state index >= 15 is 0 Å². The number of nitrogens with one attached hydrogen (secondary N) is 2. The summed E-state index contributed by atoms with van der Waals surface area (Å²) in [5, 5.41) is 13.2. The third-order valence-corrected chi connectivity index (χ3v) is 4.77. The minimum absolute atomic E-state index is 0.175. The number of rotatable bonds is 0. The Kier molecular flexibility index (Phi) is 11.3. The van der Waals surface area contributed by atoms with E-state index in [1.54, 1.807) is 51.4 Å². The fraction of sp³-hybridized carbons (Fsp3) is 0.381. The van der Waals surface area contributed by atoms with E-state index in [1.807, 2.05) is 6.92 Å². The minimum atomic E-state index is -0.428. The van der Waals surface area contributed by atoms with Crippen LogP contribution in [0.3, 0.4) is 0 Å². The van der Waals surface area contributed by atoms with Crippen molar-refractivity contribution in [1.29, 1.82) is 5.41 Å². The molecule has 3 aromatic rings. The largest absolute Gasteiger partial charge is 0.383 e. The fourth-order valence-electron chi connectivity index (χ4n) is 2.40. The molecule has 0 aromatic carbocycles. The predicted molar refractivity (Wildman–Crippen MR) is 142 cm³/mol. The first-order chi connectivity index (χ1) is 17.6. The molecule has 17 nitrogen and oxygen atoms in total. The highest BCUT2D eigenvalue weighted by Crippen LogP contribution is 1.99. The molecule has 0 aliphatic carbocycles. The molecular formula is C21H33N13O4. The van der Waals surface area contributed by atoms with Gasteiger partial charge in [-0.1, -0.05) is 0 Å². The smallest absolute Gasteiger partial charge is 0.365 e. The Hall–Kier alpha value is -5.09. The molecule has 1 fully saturated rings. The summed E-state index contributed by atoms with van der Waals surface area (Å²) in [6.45, 7) is 4.16. The van der Waals surface area contributed by atoms with Crippen molar-refractivity contribution >= 4 is 29.3 Å². The monoisotopic (exact) mass is 531 g/mol. The normalized spacial score (nSPS) is 12.1. The Morgan fingerprint density at radius 3 is 1.92 bits per heavy atom. The maximum atomic E-state index is 10.8. The van der Waals surface area contributed by atoms with Crippen molar-refractivity contribution in [3.8, 4) is 0 Å². The van der Waals surface area contributed by atoms with Crippen LogP contribution in [0.25, 0.3) is 0 Å². The molecule has 17 heteroatoms. The van der Waals surface area contributed by atoms with Gasteiger partial charge in [0, 0.05) is 59.1 Å². The van der Waals surface area contributed by atoms with Gasteiger partial charge in [-0.2, -0.15) is 20.1 Å². The van der Waals surface area contributed by atoms with E-state index in [2.05, 4.69) is 25.4 Å². The second kappa shape index (κ2) is 13.9. The van der Waals surface area contributed by atoms with E-state index in [4.69, 9.17) is 22.6 Å². The van der Waals surface area contributed by atoms with Crippen LogP contribution in [0.15, 0.2) is 32.8 Å². The molecule has 0 atom stereocenters. The number of aryl methyl sites for hydroxylation is 5. The molecular weight excluding hydrogens is 498 g/mol. The topological polar surface area (TPSA) is 252 Å². The van der Waals surface area contributed by atoms with Crippen molar-refractivity contribution < 1.29 is 4.79 Å². The lowest BCUT2D eigenvalue weighted by Gasteiger charge is -2.23. The van der Waals surface area contributed by atoms with Crippen LogP contribution in [0, 0.1) is 19.3 Å². The zero-order chi connectivity index (χ0) is 29.2. The lowest BCUT2D eigenvalue weighted by molar-refractivity contribution is 0.211. The second-order valence-electron chi connectivity index (χ2n) is 8.02. The highest BCUT2D eigenvalue weighted by atomic mass is 16.2. The van der Waals surface area contributed by atoms with Gasteiger partial charge in [0.05, 0.1) is 0 Å². The molecule has 1 aliphatic rings. The number of anilines is 3. The van der Waals surface area contributed by atoms with Crippen LogP contribution in [-0.2, 0) is 21.1 Å². The third-order valence-electron chi connectivity index (χ3n) is 4.77. The first kappa shape index (κ1) is 30.9. The molecule has 38 heavy (non-hydrogen) atoms. The van der Waals surface area contributed by atoms with E-state index in [9.17, 15) is 19.2 Å². The van der Waals surface area contributed by atoms with Crippen LogP contribution in [0.1, 0.15) is 17.7 Å². The predicted octanol–water partition coefficient (Wildman–Crippen LogP) is -1.89. The lowest BCUT2D eigenvalue weighted by atomic mass is 10.3. The number of nitrogen functional groups attached to an aromatic ring is 3. The molecule has 1 aliphatic heterocycles. The molecule has 2 amide bonds. The number of carbonyl (C=O) groups is 1. The van der Waals surface area contributed by atoms with Gasteiger partial charge in [-0.3, -0.25) is 10.7 Å². The molecule has 0 spiro atoms. The summed E-state index contributed by atoms with van der Waals surface area (Å²) in [5.74, 6) is 1.09. The van der Waals surface area contributed by atoms with E-state index in [0.717, 1.165) is 10.2 Å². The standard InChI is InChI=1S/C6H9N3O.C5H8N4O.C5H9N3O.C5H7N3O/c1-4-3-9(2)6(10)8-5(4)7;1-3-4(6)7-5(10)9(2)8-3;2*1-8-3-2-4(6)7-5(8)9/h3H,1-2H3,(H2,7,8,10);1-2H3,(H2,6,7,10);2-3H2,1H3,(H2,6,7,9);2-3H,1H3,(H2,6,7,9). The quantitative estimate of drug-likeness (QED) is 0.214. The number of amidine groups is 1. The number of nitrogens with two attached hydrogens (primary N) is 3. The summed E-state index contributed by atoms with van der Waals surface area (Å²) in [5.41, 5.74) is 16.2. The van der Waals surface area contributed by atoms with Crippen molar-refractivity contribution in [3.05, 3.63) is 61.2 Å². The number of nitrogens with zero attached hydrogens (tertiary/aromatic N) is 8. The van der Waals surface area contributed by atoms with Gasteiger partial charge in [-0.15, -0.1) is 0 Å². The fourth-order valence-corrected chi connectivity index (χ4v) is 2.40. The first-order valence-corrected chi connectivity index (χ1v) is 11.0. The summed E-state index contributed by atoms with van der Waals surface area (Å²) >= 11 is 0. The second-order valence-corrected chi connectivity index (χ2v) is 8.02. The van der Waals surface area contributed by atoms with Gasteiger partial charge in [0.1, 0.15) is 23.2 Å². The summed E-state index contributed by atoms with van der Waals surface area (Å²) in [6, 6.07) is 1.40. The van der Waals surface area contributed by atoms with Gasteiger partial charge in [-0.25, -0.2) is 23.9 Å². The molecule has 0 unspecified atom stereocenters. The highest BCUT2D eigenvalue weighted by molar-refractivity contribution is 5.97. The molecule has 0 bridgehead atoms. The Bertz CT molecular complexity index is 1400. The maximum absolute atomic E-state index is 10.8. The number of urea groups is 1. The average molecular weight is 532 g/mol. The molecule has 1 saturated heterocycles. The number of carbonyl (C=O) groups excluding carboxylic acids is 1. The van der Waals surface area contributed by atoms with Gasteiger partial charge in [0.2, 0.25) is 0 Å². The number of hydrogen-bond donors (Lipinski definition) is 5. The maximum Gasteiger partial charge on any atom is 0.365 e. The number of amides is 2. The van der Waals surface area contributed by atoms with Crippen molar-refractivity contribution in [2.45, 2.75) is 20.3 Å². The SMILES string of the molecule is CN1CCC(=N)NC1=O.Cc1cn(C)c(=O)nc1N.Cc1nn(C)c(=O)nc1N.Cn1ccc(N)nc1=O. The van der Waals surface area contributed by atoms with E-state index in [1.165, 1.54) is 16.2 Å². The average Bonchev–Trinajstić information content (AvgIpc) is 2.83. The Morgan fingerprint density at radius 2 is 1.45 bits per heavy atom. The summed E-state index contributed by atoms with van der Waals surface area (Å²) in [6.07, 6.45) is 3.87. The highest BCUT2D eigenvalue weighted by Gasteiger charge is 2.15. The number of aromatic nitrogens is 7. The van der Waals surface area contributed by atoms with Crippen LogP contribution in [0.2, 0.25) is 0 Å². The van der Waals surface area contributed by atoms with Crippen LogP contribution in [-0.4, -0.2) is 64.2 Å². The molecule has 0 saturated carbocycles. The van der Waals surface area contributed by atoms with Gasteiger partial charge in [0.15, 0.2) is 5.82 Å². The van der Waals surface area contributed by atoms with Gasteiger partial charge < -0.3 is 31.2 Å². The summed E-state index contributed by atoms with van der Waals surface area (Å²) in [4.78, 5) is 54.8. The summed E-state index contributed by atoms with van der Waals surface area (Å²) in [7, 11) is 6.50. The molecule has 0 radical (unpaired) electrons. The van der Waals surface area contributed by atoms with Crippen molar-refractivity contribution in [2.24, 2.45) is 21.1 Å². The Balaban J connectivity index is 0.000000254. The molecule has 206 valence electrons. The minimum Gasteiger partial charge on any atom is -0.383 e. The lowest BCUT2D eigenvalue weighted by Crippen LogP contribution is -2.46. The van der Waals surface area contributed by atoms with E-state index in [0.29, 0.717) is 30.3 Å². The van der Waals surface area contributed by atoms with Crippen LogP contribution in [0.4, 0.5) is 22.2 Å². The van der Waals surface area contributed by atoms with Gasteiger partial charge >= 0.3 is 23.1 Å². The van der Waals surface area contributed by atoms with Crippen LogP contribution >= 0.6 is 0 Å². The Morgan fingerprint density at radius 1 is 0.868 bits per heavy atom. The van der Waals surface area contributed by atoms with Crippen molar-refractivity contribution in [2.75, 3.05) is 30.8 Å². The van der Waals surface area contributed by atoms with E-state index < -0.39 is 5.69 Å². The van der Waals surface area contributed by atoms with E-state index in [-0.39, 0.29) is 29.0 Å². The molecule has 4 rings (SSSR count). The third kappa shape index (κ3) is 9.88. The van der Waals surface area contributed by atoms with Gasteiger partial charge in [-0.05, 0) is 19.9 Å². The number of hydrogen-bond acceptors (Lipinski definition) is 12. The van der Waals surface area contributed by atoms with Crippen LogP contribution in [0.5, 0.6) is 0 Å². The van der Waals surface area contributed by atoms with Crippen LogP contribution < -0.4 is 39.6 Å². The Labute approximate surface area is 217 Å². The van der Waals surface area contributed by atoms with Crippen molar-refractivity contribution in [1.82, 2.24) is 44.1 Å². The molecule has 4 heterocycles. The zero-order valence-electron chi connectivity index (χ0n) is 22.1. The zero-order valence-corrected chi connectivity index (χ0v) is 22.1. The summed E-state index contributed by atoms with van der Waals surface area (Å²) < 4.78 is 3.90. The first-order valence-electron chi connectivity index (χ1n) is 11.0. The van der Waals surface area contributed by atoms with Gasteiger partial charge in [0.25, 0.3) is 0 Å². The molecule has 8 N–H and O–H groups in total. The van der Waals surface area contributed by atoms with Crippen molar-refractivity contribution in [3.63, 3.8) is 0 Å². The molecule has 3 aromatic heterocycles.